The number of methoxy groups -OCH3 is 1. The molecule has 0 saturated heterocycles. The molecule has 0 spiro atoms. The van der Waals surface area contributed by atoms with Crippen LogP contribution in [-0.2, 0) is 18.3 Å². The average molecular weight is 336 g/mol. The molecule has 0 radical (unpaired) electrons. The van der Waals surface area contributed by atoms with Crippen LogP contribution in [0.3, 0.4) is 0 Å². The summed E-state index contributed by atoms with van der Waals surface area (Å²) in [5, 5.41) is 9.31. The lowest BCUT2D eigenvalue weighted by Crippen LogP contribution is -2.42. The Bertz CT molecular complexity index is 597. The van der Waals surface area contributed by atoms with Crippen molar-refractivity contribution in [2.75, 3.05) is 20.3 Å². The minimum absolute atomic E-state index is 0.0524. The summed E-state index contributed by atoms with van der Waals surface area (Å²) < 4.78 is 6.93. The van der Waals surface area contributed by atoms with Crippen LogP contribution in [0.2, 0.25) is 0 Å². The van der Waals surface area contributed by atoms with Gasteiger partial charge in [-0.3, -0.25) is 4.68 Å². The Morgan fingerprint density at radius 2 is 2.35 bits per heavy atom. The van der Waals surface area contributed by atoms with Crippen LogP contribution in [0.25, 0.3) is 0 Å². The molecule has 0 aromatic carbocycles. The van der Waals surface area contributed by atoms with Gasteiger partial charge in [-0.1, -0.05) is 13.0 Å². The highest BCUT2D eigenvalue weighted by Gasteiger charge is 2.20. The fraction of sp³-hybridized carbons (Fsp3) is 0.500. The largest absolute Gasteiger partial charge is 0.383 e. The maximum absolute atomic E-state index is 12.7. The van der Waals surface area contributed by atoms with Crippen molar-refractivity contribution in [3.63, 3.8) is 0 Å². The highest BCUT2D eigenvalue weighted by molar-refractivity contribution is 7.09. The minimum atomic E-state index is -0.0801. The number of hydrogen-bond donors (Lipinski definition) is 1. The summed E-state index contributed by atoms with van der Waals surface area (Å²) in [5.41, 5.74) is 1.00. The van der Waals surface area contributed by atoms with Crippen molar-refractivity contribution in [3.05, 3.63) is 40.3 Å². The minimum Gasteiger partial charge on any atom is -0.383 e. The highest BCUT2D eigenvalue weighted by atomic mass is 32.1. The monoisotopic (exact) mass is 336 g/mol. The Balaban J connectivity index is 2.04. The Morgan fingerprint density at radius 1 is 1.52 bits per heavy atom. The number of aromatic nitrogens is 2. The summed E-state index contributed by atoms with van der Waals surface area (Å²) in [5.74, 6) is 0. The predicted molar refractivity (Wildman–Crippen MR) is 91.4 cm³/mol. The molecule has 1 N–H and O–H groups in total. The number of thiophene rings is 1. The molecule has 7 heteroatoms. The zero-order valence-corrected chi connectivity index (χ0v) is 14.7. The normalized spacial score (nSPS) is 12.1. The van der Waals surface area contributed by atoms with Crippen LogP contribution < -0.4 is 5.32 Å². The summed E-state index contributed by atoms with van der Waals surface area (Å²) in [6.07, 6.45) is 2.56. The SMILES string of the molecule is CCC(NC(=O)N(CCOC)Cc1cccs1)c1ccnn1C. The zero-order valence-electron chi connectivity index (χ0n) is 13.9. The maximum Gasteiger partial charge on any atom is 0.318 e. The second kappa shape index (κ2) is 8.69. The zero-order chi connectivity index (χ0) is 16.7. The molecule has 0 aliphatic heterocycles. The summed E-state index contributed by atoms with van der Waals surface area (Å²) in [6.45, 7) is 3.72. The Morgan fingerprint density at radius 3 is 2.91 bits per heavy atom. The van der Waals surface area contributed by atoms with Crippen LogP contribution in [0, 0.1) is 0 Å². The van der Waals surface area contributed by atoms with Gasteiger partial charge in [-0.15, -0.1) is 11.3 Å². The molecule has 0 saturated carbocycles. The van der Waals surface area contributed by atoms with E-state index in [1.807, 2.05) is 30.6 Å². The second-order valence-corrected chi connectivity index (χ2v) is 6.32. The van der Waals surface area contributed by atoms with E-state index in [0.717, 1.165) is 17.0 Å². The third-order valence-corrected chi connectivity index (χ3v) is 4.56. The van der Waals surface area contributed by atoms with E-state index in [2.05, 4.69) is 17.3 Å². The van der Waals surface area contributed by atoms with Gasteiger partial charge in [-0.2, -0.15) is 5.10 Å². The van der Waals surface area contributed by atoms with E-state index in [1.165, 1.54) is 0 Å². The first-order valence-electron chi connectivity index (χ1n) is 7.70. The molecule has 2 rings (SSSR count). The Kier molecular flexibility index (Phi) is 6.61. The van der Waals surface area contributed by atoms with Gasteiger partial charge in [0.25, 0.3) is 0 Å². The number of carbonyl (C=O) groups excluding carboxylic acids is 1. The fourth-order valence-electron chi connectivity index (χ4n) is 2.40. The van der Waals surface area contributed by atoms with Crippen LogP contribution in [0.4, 0.5) is 4.79 Å². The van der Waals surface area contributed by atoms with Crippen molar-refractivity contribution in [1.29, 1.82) is 0 Å². The van der Waals surface area contributed by atoms with Gasteiger partial charge in [0, 0.05) is 31.8 Å². The maximum atomic E-state index is 12.7. The first-order valence-corrected chi connectivity index (χ1v) is 8.58. The Hall–Kier alpha value is -1.86. The topological polar surface area (TPSA) is 59.4 Å². The lowest BCUT2D eigenvalue weighted by Gasteiger charge is -2.25. The van der Waals surface area contributed by atoms with E-state index in [-0.39, 0.29) is 12.1 Å². The first-order chi connectivity index (χ1) is 11.2. The molecule has 1 unspecified atom stereocenters. The molecule has 0 bridgehead atoms. The van der Waals surface area contributed by atoms with E-state index < -0.39 is 0 Å². The lowest BCUT2D eigenvalue weighted by molar-refractivity contribution is 0.144. The smallest absolute Gasteiger partial charge is 0.318 e. The van der Waals surface area contributed by atoms with Crippen molar-refractivity contribution in [1.82, 2.24) is 20.0 Å². The van der Waals surface area contributed by atoms with Crippen molar-refractivity contribution in [3.8, 4) is 0 Å². The summed E-state index contributed by atoms with van der Waals surface area (Å²) in [4.78, 5) is 15.6. The van der Waals surface area contributed by atoms with Crippen LogP contribution in [0.5, 0.6) is 0 Å². The number of nitrogens with one attached hydrogen (secondary N) is 1. The number of ether oxygens (including phenoxy) is 1. The van der Waals surface area contributed by atoms with Gasteiger partial charge in [-0.25, -0.2) is 4.79 Å². The first kappa shape index (κ1) is 17.5. The van der Waals surface area contributed by atoms with Crippen LogP contribution >= 0.6 is 11.3 Å². The molecular weight excluding hydrogens is 312 g/mol. The van der Waals surface area contributed by atoms with Gasteiger partial charge in [0.1, 0.15) is 0 Å². The number of amides is 2. The van der Waals surface area contributed by atoms with E-state index in [0.29, 0.717) is 19.7 Å². The van der Waals surface area contributed by atoms with Crippen LogP contribution in [0.15, 0.2) is 29.8 Å². The number of carbonyl (C=O) groups is 1. The summed E-state index contributed by atoms with van der Waals surface area (Å²) in [6, 6.07) is 5.84. The standard InChI is InChI=1S/C16H24N4O2S/c1-4-14(15-7-8-17-19(15)2)18-16(21)20(9-10-22-3)12-13-6-5-11-23-13/h5-8,11,14H,4,9-10,12H2,1-3H3,(H,18,21). The lowest BCUT2D eigenvalue weighted by atomic mass is 10.1. The Labute approximate surface area is 141 Å². The molecule has 126 valence electrons. The third-order valence-electron chi connectivity index (χ3n) is 3.70. The number of aryl methyl sites for hydroxylation is 1. The average Bonchev–Trinajstić information content (AvgIpc) is 3.20. The van der Waals surface area contributed by atoms with Crippen molar-refractivity contribution in [2.24, 2.45) is 7.05 Å². The van der Waals surface area contributed by atoms with Gasteiger partial charge in [-0.05, 0) is 23.9 Å². The van der Waals surface area contributed by atoms with Crippen LogP contribution in [0.1, 0.15) is 30.0 Å². The number of hydrogen-bond acceptors (Lipinski definition) is 4. The molecule has 2 heterocycles. The van der Waals surface area contributed by atoms with E-state index in [9.17, 15) is 4.79 Å². The fourth-order valence-corrected chi connectivity index (χ4v) is 3.12. The van der Waals surface area contributed by atoms with Gasteiger partial charge < -0.3 is 15.0 Å². The van der Waals surface area contributed by atoms with Gasteiger partial charge in [0.05, 0.1) is 24.9 Å². The quantitative estimate of drug-likeness (QED) is 0.806. The van der Waals surface area contributed by atoms with Crippen molar-refractivity contribution < 1.29 is 9.53 Å². The van der Waals surface area contributed by atoms with E-state index in [4.69, 9.17) is 4.74 Å². The summed E-state index contributed by atoms with van der Waals surface area (Å²) >= 11 is 1.65. The van der Waals surface area contributed by atoms with E-state index in [1.54, 1.807) is 34.2 Å². The molecular formula is C16H24N4O2S. The molecule has 0 aliphatic carbocycles. The number of rotatable bonds is 8. The van der Waals surface area contributed by atoms with Crippen molar-refractivity contribution >= 4 is 17.4 Å². The second-order valence-electron chi connectivity index (χ2n) is 5.28. The van der Waals surface area contributed by atoms with Crippen molar-refractivity contribution in [2.45, 2.75) is 25.9 Å². The molecule has 2 amide bonds. The molecule has 2 aromatic heterocycles. The van der Waals surface area contributed by atoms with Gasteiger partial charge in [0.2, 0.25) is 0 Å². The molecule has 0 fully saturated rings. The highest BCUT2D eigenvalue weighted by Crippen LogP contribution is 2.17. The molecule has 1 atom stereocenters. The number of nitrogens with zero attached hydrogens (tertiary/aromatic N) is 3. The number of urea groups is 1. The molecule has 6 nitrogen and oxygen atoms in total. The summed E-state index contributed by atoms with van der Waals surface area (Å²) in [7, 11) is 3.53. The van der Waals surface area contributed by atoms with Crippen LogP contribution in [-0.4, -0.2) is 41.0 Å². The third kappa shape index (κ3) is 4.80. The molecule has 23 heavy (non-hydrogen) atoms. The van der Waals surface area contributed by atoms with E-state index >= 15 is 0 Å². The molecule has 2 aromatic rings. The van der Waals surface area contributed by atoms with Gasteiger partial charge in [0.15, 0.2) is 0 Å². The van der Waals surface area contributed by atoms with Gasteiger partial charge >= 0.3 is 6.03 Å². The molecule has 0 aliphatic rings. The predicted octanol–water partition coefficient (Wildman–Crippen LogP) is 2.79.